The van der Waals surface area contributed by atoms with Crippen LogP contribution in [0.5, 0.6) is 5.75 Å². The molecule has 2 aromatic heterocycles. The molecule has 0 saturated carbocycles. The molecule has 0 spiro atoms. The lowest BCUT2D eigenvalue weighted by Gasteiger charge is -2.13. The van der Waals surface area contributed by atoms with E-state index >= 15 is 0 Å². The van der Waals surface area contributed by atoms with E-state index in [1.54, 1.807) is 12.1 Å². The number of hydrogen-bond acceptors (Lipinski definition) is 10. The predicted molar refractivity (Wildman–Crippen MR) is 143 cm³/mol. The number of nitrogens with zero attached hydrogens (tertiary/aromatic N) is 4. The highest BCUT2D eigenvalue weighted by atomic mass is 35.5. The number of carbonyl (C=O) groups excluding carboxylic acids is 1. The zero-order valence-corrected chi connectivity index (χ0v) is 22.4. The Kier molecular flexibility index (Phi) is 8.69. The first-order valence-corrected chi connectivity index (χ1v) is 13.3. The Morgan fingerprint density at radius 3 is 2.84 bits per heavy atom. The molecule has 2 aromatic carbocycles. The molecule has 0 unspecified atom stereocenters. The van der Waals surface area contributed by atoms with Crippen molar-refractivity contribution in [2.24, 2.45) is 0 Å². The van der Waals surface area contributed by atoms with Gasteiger partial charge in [0.2, 0.25) is 0 Å². The standard InChI is InChI=1S/C23H19ClFN5O4S3/c1-34-19-9-18-15(21(27-11-26-18)28-13-2-3-17(25)16(24)8-13)7-12(19)6-14(31)10-30-23(35)37-22(29-30)36-5-4-20(32)33/h2-3,7-9,11H,4-6,10H2,1H3,(H,32,33)(H,26,27,28). The minimum absolute atomic E-state index is 0.00640. The number of Topliss-reactive ketones (excluding diaryl/α,β-unsaturated/α-hetero) is 1. The molecule has 14 heteroatoms. The number of carbonyl (C=O) groups is 2. The van der Waals surface area contributed by atoms with Gasteiger partial charge in [-0.2, -0.15) is 5.10 Å². The highest BCUT2D eigenvalue weighted by Crippen LogP contribution is 2.31. The Hall–Kier alpha value is -3.13. The molecule has 0 aliphatic rings. The summed E-state index contributed by atoms with van der Waals surface area (Å²) in [5.41, 5.74) is 1.74. The molecule has 0 fully saturated rings. The number of thioether (sulfide) groups is 1. The van der Waals surface area contributed by atoms with Crippen molar-refractivity contribution in [3.8, 4) is 5.75 Å². The smallest absolute Gasteiger partial charge is 0.304 e. The molecular formula is C23H19ClFN5O4S3. The average Bonchev–Trinajstić information content (AvgIpc) is 3.19. The lowest BCUT2D eigenvalue weighted by atomic mass is 10.0. The van der Waals surface area contributed by atoms with Gasteiger partial charge in [-0.1, -0.05) is 34.7 Å². The average molecular weight is 580 g/mol. The van der Waals surface area contributed by atoms with Crippen molar-refractivity contribution in [2.45, 2.75) is 23.7 Å². The van der Waals surface area contributed by atoms with Crippen LogP contribution in [0, 0.1) is 9.77 Å². The largest absolute Gasteiger partial charge is 0.496 e. The SMILES string of the molecule is COc1cc2ncnc(Nc3ccc(F)c(Cl)c3)c2cc1CC(=O)Cn1nc(SCCC(=O)O)sc1=S. The van der Waals surface area contributed by atoms with Crippen LogP contribution in [0.25, 0.3) is 10.9 Å². The number of anilines is 2. The third-order valence-electron chi connectivity index (χ3n) is 5.06. The summed E-state index contributed by atoms with van der Waals surface area (Å²) in [6.07, 6.45) is 1.43. The molecule has 0 atom stereocenters. The van der Waals surface area contributed by atoms with Crippen LogP contribution < -0.4 is 10.1 Å². The van der Waals surface area contributed by atoms with E-state index in [2.05, 4.69) is 20.4 Å². The van der Waals surface area contributed by atoms with Crippen LogP contribution in [-0.2, 0) is 22.6 Å². The van der Waals surface area contributed by atoms with Crippen LogP contribution in [0.4, 0.5) is 15.9 Å². The topological polar surface area (TPSA) is 119 Å². The molecule has 192 valence electrons. The fraction of sp³-hybridized carbons (Fsp3) is 0.217. The molecule has 0 aliphatic carbocycles. The Balaban J connectivity index is 1.55. The summed E-state index contributed by atoms with van der Waals surface area (Å²) in [5.74, 6) is -0.270. The first kappa shape index (κ1) is 26.9. The molecule has 0 saturated heterocycles. The summed E-state index contributed by atoms with van der Waals surface area (Å²) in [5, 5.41) is 16.8. The first-order chi connectivity index (χ1) is 17.7. The van der Waals surface area contributed by atoms with E-state index in [4.69, 9.17) is 33.7 Å². The number of rotatable bonds is 11. The summed E-state index contributed by atoms with van der Waals surface area (Å²) in [6.45, 7) is -0.0412. The van der Waals surface area contributed by atoms with Gasteiger partial charge in [-0.05, 0) is 36.5 Å². The maximum atomic E-state index is 13.5. The molecular weight excluding hydrogens is 561 g/mol. The van der Waals surface area contributed by atoms with E-state index in [1.807, 2.05) is 0 Å². The number of ketones is 1. The van der Waals surface area contributed by atoms with E-state index in [0.717, 1.165) is 0 Å². The zero-order chi connectivity index (χ0) is 26.5. The Morgan fingerprint density at radius 1 is 1.30 bits per heavy atom. The number of carboxylic acid groups (broad SMARTS) is 1. The normalized spacial score (nSPS) is 11.0. The second kappa shape index (κ2) is 11.9. The van der Waals surface area contributed by atoms with Gasteiger partial charge in [0.15, 0.2) is 14.1 Å². The van der Waals surface area contributed by atoms with Crippen molar-refractivity contribution in [1.29, 1.82) is 0 Å². The second-order valence-electron chi connectivity index (χ2n) is 7.66. The Morgan fingerprint density at radius 2 is 2.11 bits per heavy atom. The van der Waals surface area contributed by atoms with E-state index in [1.165, 1.54) is 59.4 Å². The second-order valence-corrected chi connectivity index (χ2v) is 11.0. The van der Waals surface area contributed by atoms with Gasteiger partial charge in [-0.25, -0.2) is 19.0 Å². The molecule has 9 nitrogen and oxygen atoms in total. The van der Waals surface area contributed by atoms with Gasteiger partial charge in [0.1, 0.15) is 30.3 Å². The fourth-order valence-corrected chi connectivity index (χ4v) is 5.88. The Labute approximate surface area is 228 Å². The lowest BCUT2D eigenvalue weighted by Crippen LogP contribution is -2.14. The van der Waals surface area contributed by atoms with Crippen LogP contribution in [0.2, 0.25) is 5.02 Å². The number of ether oxygens (including phenoxy) is 1. The molecule has 2 heterocycles. The fourth-order valence-electron chi connectivity index (χ4n) is 3.37. The summed E-state index contributed by atoms with van der Waals surface area (Å²) in [7, 11) is 1.51. The molecule has 2 N–H and O–H groups in total. The molecule has 4 rings (SSSR count). The first-order valence-electron chi connectivity index (χ1n) is 10.7. The highest BCUT2D eigenvalue weighted by molar-refractivity contribution is 8.01. The highest BCUT2D eigenvalue weighted by Gasteiger charge is 2.16. The molecule has 4 aromatic rings. The van der Waals surface area contributed by atoms with E-state index in [-0.39, 0.29) is 30.2 Å². The van der Waals surface area contributed by atoms with Crippen molar-refractivity contribution in [3.63, 3.8) is 0 Å². The third kappa shape index (κ3) is 6.80. The quantitative estimate of drug-likeness (QED) is 0.173. The monoisotopic (exact) mass is 579 g/mol. The van der Waals surface area contributed by atoms with Crippen LogP contribution in [0.1, 0.15) is 12.0 Å². The van der Waals surface area contributed by atoms with Gasteiger partial charge >= 0.3 is 5.97 Å². The number of aromatic nitrogens is 4. The van der Waals surface area contributed by atoms with Crippen LogP contribution >= 0.6 is 46.9 Å². The van der Waals surface area contributed by atoms with Gasteiger partial charge in [-0.3, -0.25) is 9.59 Å². The third-order valence-corrected chi connectivity index (χ3v) is 7.80. The van der Waals surface area contributed by atoms with Gasteiger partial charge < -0.3 is 15.2 Å². The minimum atomic E-state index is -0.889. The molecule has 0 bridgehead atoms. The van der Waals surface area contributed by atoms with Crippen molar-refractivity contribution >= 4 is 81.1 Å². The molecule has 37 heavy (non-hydrogen) atoms. The number of benzene rings is 2. The lowest BCUT2D eigenvalue weighted by molar-refractivity contribution is -0.136. The Bertz CT molecular complexity index is 1540. The number of halogens is 2. The maximum absolute atomic E-state index is 13.5. The number of carboxylic acids is 1. The van der Waals surface area contributed by atoms with Gasteiger partial charge in [0, 0.05) is 34.9 Å². The van der Waals surface area contributed by atoms with Crippen molar-refractivity contribution < 1.29 is 23.8 Å². The predicted octanol–water partition coefficient (Wildman–Crippen LogP) is 5.54. The molecule has 0 aliphatic heterocycles. The van der Waals surface area contributed by atoms with Crippen molar-refractivity contribution in [3.05, 3.63) is 57.0 Å². The van der Waals surface area contributed by atoms with E-state index < -0.39 is 11.8 Å². The zero-order valence-electron chi connectivity index (χ0n) is 19.2. The van der Waals surface area contributed by atoms with Crippen LogP contribution in [-0.4, -0.2) is 49.5 Å². The van der Waals surface area contributed by atoms with Gasteiger partial charge in [-0.15, -0.1) is 0 Å². The number of hydrogen-bond donors (Lipinski definition) is 2. The minimum Gasteiger partial charge on any atom is -0.496 e. The van der Waals surface area contributed by atoms with E-state index in [0.29, 0.717) is 47.8 Å². The number of methoxy groups -OCH3 is 1. The van der Waals surface area contributed by atoms with Crippen LogP contribution in [0.15, 0.2) is 41.0 Å². The van der Waals surface area contributed by atoms with Crippen molar-refractivity contribution in [2.75, 3.05) is 18.2 Å². The summed E-state index contributed by atoms with van der Waals surface area (Å²) in [4.78, 5) is 32.3. The number of nitrogens with one attached hydrogen (secondary N) is 1. The van der Waals surface area contributed by atoms with Crippen LogP contribution in [0.3, 0.4) is 0 Å². The van der Waals surface area contributed by atoms with Gasteiger partial charge in [0.25, 0.3) is 0 Å². The number of fused-ring (bicyclic) bond motifs is 1. The molecule has 0 amide bonds. The summed E-state index contributed by atoms with van der Waals surface area (Å²) < 4.78 is 21.5. The maximum Gasteiger partial charge on any atom is 0.304 e. The summed E-state index contributed by atoms with van der Waals surface area (Å²) in [6, 6.07) is 7.72. The van der Waals surface area contributed by atoms with E-state index in [9.17, 15) is 14.0 Å². The van der Waals surface area contributed by atoms with Gasteiger partial charge in [0.05, 0.1) is 24.1 Å². The number of aliphatic carboxylic acids is 1. The summed E-state index contributed by atoms with van der Waals surface area (Å²) >= 11 is 13.7. The van der Waals surface area contributed by atoms with Crippen molar-refractivity contribution in [1.82, 2.24) is 19.7 Å². The molecule has 0 radical (unpaired) electrons.